The molecule has 0 heterocycles. The van der Waals surface area contributed by atoms with Gasteiger partial charge in [0.25, 0.3) is 0 Å². The molecular weight excluding hydrogens is 272 g/mol. The van der Waals surface area contributed by atoms with Gasteiger partial charge in [-0.25, -0.2) is 8.78 Å². The quantitative estimate of drug-likeness (QED) is 0.667. The summed E-state index contributed by atoms with van der Waals surface area (Å²) in [5.74, 6) is -1.31. The van der Waals surface area contributed by atoms with Crippen LogP contribution < -0.4 is 5.73 Å². The van der Waals surface area contributed by atoms with Crippen LogP contribution in [0.5, 0.6) is 0 Å². The van der Waals surface area contributed by atoms with Crippen molar-refractivity contribution in [2.45, 2.75) is 23.3 Å². The average molecular weight is 287 g/mol. The summed E-state index contributed by atoms with van der Waals surface area (Å²) in [4.78, 5) is 11.9. The van der Waals surface area contributed by atoms with Gasteiger partial charge in [-0.2, -0.15) is 0 Å². The third-order valence-corrected chi connectivity index (χ3v) is 4.48. The monoisotopic (exact) mass is 287 g/mol. The zero-order valence-corrected chi connectivity index (χ0v) is 11.3. The fourth-order valence-corrected chi connectivity index (χ4v) is 3.07. The highest BCUT2D eigenvalue weighted by molar-refractivity contribution is 7.99. The molecule has 3 nitrogen and oxygen atoms in total. The number of halogens is 2. The molecule has 0 amide bonds. The first-order chi connectivity index (χ1) is 8.97. The third-order valence-electron chi connectivity index (χ3n) is 3.23. The second-order valence-corrected chi connectivity index (χ2v) is 5.69. The standard InChI is InChI=1S/C13H15F2NO2S/c1-18-12(17)13(16,8-2-3-8)7-19-11-6-9(14)4-5-10(11)15/h4-6,8H,2-3,7,16H2,1H3. The molecule has 1 aromatic rings. The summed E-state index contributed by atoms with van der Waals surface area (Å²) >= 11 is 1.04. The lowest BCUT2D eigenvalue weighted by molar-refractivity contribution is -0.146. The van der Waals surface area contributed by atoms with Gasteiger partial charge in [0.1, 0.15) is 17.2 Å². The minimum absolute atomic E-state index is 0.0593. The van der Waals surface area contributed by atoms with Crippen LogP contribution in [0.25, 0.3) is 0 Å². The molecular formula is C13H15F2NO2S. The van der Waals surface area contributed by atoms with Gasteiger partial charge in [-0.1, -0.05) is 0 Å². The molecule has 19 heavy (non-hydrogen) atoms. The fraction of sp³-hybridized carbons (Fsp3) is 0.462. The van der Waals surface area contributed by atoms with E-state index in [0.717, 1.165) is 42.8 Å². The summed E-state index contributed by atoms with van der Waals surface area (Å²) in [5.41, 5.74) is 4.95. The highest BCUT2D eigenvalue weighted by atomic mass is 32.2. The first-order valence-corrected chi connectivity index (χ1v) is 6.91. The molecule has 1 aliphatic carbocycles. The van der Waals surface area contributed by atoms with E-state index in [9.17, 15) is 13.6 Å². The molecule has 1 atom stereocenters. The Morgan fingerprint density at radius 3 is 2.79 bits per heavy atom. The predicted molar refractivity (Wildman–Crippen MR) is 68.7 cm³/mol. The van der Waals surface area contributed by atoms with Crippen molar-refractivity contribution < 1.29 is 18.3 Å². The van der Waals surface area contributed by atoms with Crippen molar-refractivity contribution in [1.29, 1.82) is 0 Å². The molecule has 0 bridgehead atoms. The predicted octanol–water partition coefficient (Wildman–Crippen LogP) is 2.34. The van der Waals surface area contributed by atoms with Gasteiger partial charge in [0.05, 0.1) is 7.11 Å². The minimum atomic E-state index is -1.13. The van der Waals surface area contributed by atoms with Gasteiger partial charge >= 0.3 is 5.97 Å². The molecule has 0 spiro atoms. The van der Waals surface area contributed by atoms with Crippen molar-refractivity contribution in [3.05, 3.63) is 29.8 Å². The zero-order valence-electron chi connectivity index (χ0n) is 10.5. The van der Waals surface area contributed by atoms with Gasteiger partial charge in [0, 0.05) is 10.6 Å². The molecule has 104 valence electrons. The lowest BCUT2D eigenvalue weighted by Gasteiger charge is -2.26. The first kappa shape index (κ1) is 14.3. The van der Waals surface area contributed by atoms with E-state index in [-0.39, 0.29) is 16.6 Å². The third kappa shape index (κ3) is 3.06. The van der Waals surface area contributed by atoms with Crippen LogP contribution in [0.4, 0.5) is 8.78 Å². The van der Waals surface area contributed by atoms with Gasteiger partial charge in [-0.05, 0) is 37.0 Å². The van der Waals surface area contributed by atoms with E-state index in [2.05, 4.69) is 0 Å². The summed E-state index contributed by atoms with van der Waals surface area (Å²) in [5, 5.41) is 0. The number of esters is 1. The number of benzene rings is 1. The molecule has 0 aliphatic heterocycles. The van der Waals surface area contributed by atoms with E-state index in [0.29, 0.717) is 0 Å². The van der Waals surface area contributed by atoms with Crippen molar-refractivity contribution in [2.24, 2.45) is 11.7 Å². The maximum atomic E-state index is 13.5. The Kier molecular flexibility index (Phi) is 4.10. The van der Waals surface area contributed by atoms with Crippen molar-refractivity contribution in [3.8, 4) is 0 Å². The second-order valence-electron chi connectivity index (χ2n) is 4.67. The Hall–Kier alpha value is -1.14. The average Bonchev–Trinajstić information content (AvgIpc) is 3.23. The van der Waals surface area contributed by atoms with Crippen LogP contribution in [0.15, 0.2) is 23.1 Å². The van der Waals surface area contributed by atoms with Crippen molar-refractivity contribution >= 4 is 17.7 Å². The van der Waals surface area contributed by atoms with Gasteiger partial charge in [-0.3, -0.25) is 4.79 Å². The highest BCUT2D eigenvalue weighted by Crippen LogP contribution is 2.41. The lowest BCUT2D eigenvalue weighted by atomic mass is 9.97. The van der Waals surface area contributed by atoms with Gasteiger partial charge in [-0.15, -0.1) is 11.8 Å². The zero-order chi connectivity index (χ0) is 14.0. The Morgan fingerprint density at radius 1 is 1.53 bits per heavy atom. The van der Waals surface area contributed by atoms with Crippen LogP contribution in [-0.4, -0.2) is 24.4 Å². The minimum Gasteiger partial charge on any atom is -0.468 e. The van der Waals surface area contributed by atoms with Crippen LogP contribution in [0, 0.1) is 17.6 Å². The van der Waals surface area contributed by atoms with Crippen molar-refractivity contribution in [1.82, 2.24) is 0 Å². The number of nitrogens with two attached hydrogens (primary N) is 1. The number of hydrogen-bond donors (Lipinski definition) is 1. The molecule has 6 heteroatoms. The molecule has 2 N–H and O–H groups in total. The van der Waals surface area contributed by atoms with E-state index in [1.165, 1.54) is 7.11 Å². The Bertz CT molecular complexity index is 494. The number of thioether (sulfide) groups is 1. The van der Waals surface area contributed by atoms with Crippen LogP contribution in [0.2, 0.25) is 0 Å². The van der Waals surface area contributed by atoms with Crippen molar-refractivity contribution in [2.75, 3.05) is 12.9 Å². The van der Waals surface area contributed by atoms with Crippen LogP contribution in [0.1, 0.15) is 12.8 Å². The first-order valence-electron chi connectivity index (χ1n) is 5.92. The summed E-state index contributed by atoms with van der Waals surface area (Å²) < 4.78 is 31.3. The van der Waals surface area contributed by atoms with E-state index in [1.807, 2.05) is 0 Å². The number of carbonyl (C=O) groups is 1. The normalized spacial score (nSPS) is 17.9. The molecule has 1 aliphatic rings. The number of carbonyl (C=O) groups excluding carboxylic acids is 1. The van der Waals surface area contributed by atoms with Gasteiger partial charge in [0.15, 0.2) is 0 Å². The van der Waals surface area contributed by atoms with Gasteiger partial charge < -0.3 is 10.5 Å². The molecule has 0 radical (unpaired) electrons. The molecule has 2 rings (SSSR count). The van der Waals surface area contributed by atoms with E-state index in [4.69, 9.17) is 10.5 Å². The smallest absolute Gasteiger partial charge is 0.327 e. The van der Waals surface area contributed by atoms with E-state index < -0.39 is 23.1 Å². The van der Waals surface area contributed by atoms with E-state index >= 15 is 0 Å². The molecule has 1 aromatic carbocycles. The number of hydrogen-bond acceptors (Lipinski definition) is 4. The van der Waals surface area contributed by atoms with Gasteiger partial charge in [0.2, 0.25) is 0 Å². The Morgan fingerprint density at radius 2 is 2.21 bits per heavy atom. The van der Waals surface area contributed by atoms with Crippen LogP contribution in [-0.2, 0) is 9.53 Å². The maximum Gasteiger partial charge on any atom is 0.327 e. The maximum absolute atomic E-state index is 13.5. The van der Waals surface area contributed by atoms with Crippen molar-refractivity contribution in [3.63, 3.8) is 0 Å². The van der Waals surface area contributed by atoms with E-state index in [1.54, 1.807) is 0 Å². The fourth-order valence-electron chi connectivity index (χ4n) is 1.92. The SMILES string of the molecule is COC(=O)C(N)(CSc1cc(F)ccc1F)C1CC1. The molecule has 1 saturated carbocycles. The summed E-state index contributed by atoms with van der Waals surface area (Å²) in [6, 6.07) is 3.21. The summed E-state index contributed by atoms with van der Waals surface area (Å²) in [7, 11) is 1.28. The number of rotatable bonds is 5. The highest BCUT2D eigenvalue weighted by Gasteiger charge is 2.49. The Labute approximate surface area is 114 Å². The summed E-state index contributed by atoms with van der Waals surface area (Å²) in [6.07, 6.45) is 1.72. The molecule has 0 aromatic heterocycles. The molecule has 0 saturated heterocycles. The summed E-state index contributed by atoms with van der Waals surface area (Å²) in [6.45, 7) is 0. The van der Waals surface area contributed by atoms with Crippen LogP contribution >= 0.6 is 11.8 Å². The van der Waals surface area contributed by atoms with Crippen LogP contribution in [0.3, 0.4) is 0 Å². The second kappa shape index (κ2) is 5.46. The largest absolute Gasteiger partial charge is 0.468 e. The number of methoxy groups -OCH3 is 1. The molecule has 1 fully saturated rings. The lowest BCUT2D eigenvalue weighted by Crippen LogP contribution is -2.53. The number of ether oxygens (including phenoxy) is 1. The molecule has 1 unspecified atom stereocenters. The topological polar surface area (TPSA) is 52.3 Å². The Balaban J connectivity index is 2.11.